The molecule has 2 saturated heterocycles. The molecular formula is C57H74Br2N6O20. The number of esters is 8. The molecule has 2 aromatic carbocycles. The highest BCUT2D eigenvalue weighted by molar-refractivity contribution is 9.10. The molecule has 0 radical (unpaired) electrons. The van der Waals surface area contributed by atoms with Gasteiger partial charge < -0.3 is 67.7 Å². The van der Waals surface area contributed by atoms with Crippen molar-refractivity contribution in [2.24, 2.45) is 0 Å². The van der Waals surface area contributed by atoms with Gasteiger partial charge in [0.05, 0.1) is 38.8 Å². The summed E-state index contributed by atoms with van der Waals surface area (Å²) in [6, 6.07) is 13.1. The molecule has 0 spiro atoms. The Kier molecular flexibility index (Phi) is 24.0. The molecule has 2 aromatic rings. The first kappa shape index (κ1) is 66.1. The smallest absolute Gasteiger partial charge is 0.339 e. The second kappa shape index (κ2) is 30.8. The summed E-state index contributed by atoms with van der Waals surface area (Å²) in [5, 5.41) is 2.85. The number of nitrogens with one attached hydrogen (secondary N) is 4. The van der Waals surface area contributed by atoms with Gasteiger partial charge in [0.15, 0.2) is 61.3 Å². The van der Waals surface area contributed by atoms with Gasteiger partial charge in [-0.2, -0.15) is 0 Å². The van der Waals surface area contributed by atoms with E-state index in [0.29, 0.717) is 24.6 Å². The molecule has 10 unspecified atom stereocenters. The first-order valence-corrected chi connectivity index (χ1v) is 29.5. The molecule has 4 aliphatic heterocycles. The SMILES string of the molecule is COC(=O)C1OC(N2C=C(COCCCCCCC3(CCCCCCOCC4=CNNN4C4OC(C(=O)OC)C(OC(C)=O)C(OC(C)=O)C4OC(C)=O)c4cc(Br)ccc4-c4ccc(Br)cc43)NN2)C(OC(C)=O)C(OC(C)=O)C1OC(C)=O. The Morgan fingerprint density at radius 2 is 0.953 bits per heavy atom. The summed E-state index contributed by atoms with van der Waals surface area (Å²) in [5.41, 5.74) is 17.6. The lowest BCUT2D eigenvalue weighted by Crippen LogP contribution is -2.68. The second-order valence-electron chi connectivity index (χ2n) is 20.8. The quantitative estimate of drug-likeness (QED) is 0.0487. The van der Waals surface area contributed by atoms with E-state index in [-0.39, 0.29) is 18.6 Å². The lowest BCUT2D eigenvalue weighted by molar-refractivity contribution is -0.274. The maximum atomic E-state index is 13.0. The van der Waals surface area contributed by atoms with Crippen LogP contribution in [-0.4, -0.2) is 160 Å². The van der Waals surface area contributed by atoms with Gasteiger partial charge in [-0.05, 0) is 72.2 Å². The maximum Gasteiger partial charge on any atom is 0.339 e. The van der Waals surface area contributed by atoms with Crippen LogP contribution in [-0.2, 0) is 101 Å². The fourth-order valence-corrected chi connectivity index (χ4v) is 12.0. The molecule has 0 saturated carbocycles. The Hall–Kier alpha value is -6.40. The fourth-order valence-electron chi connectivity index (χ4n) is 11.3. The number of halogens is 2. The van der Waals surface area contributed by atoms with E-state index in [9.17, 15) is 38.4 Å². The Morgan fingerprint density at radius 1 is 0.529 bits per heavy atom. The van der Waals surface area contributed by atoms with Crippen molar-refractivity contribution in [2.45, 2.75) is 172 Å². The Bertz CT molecular complexity index is 2770. The minimum atomic E-state index is -1.57. The summed E-state index contributed by atoms with van der Waals surface area (Å²) in [5.74, 6) is -6.48. The van der Waals surface area contributed by atoms with Crippen LogP contribution in [0.25, 0.3) is 11.1 Å². The van der Waals surface area contributed by atoms with Gasteiger partial charge in [-0.3, -0.25) is 38.8 Å². The number of hydrogen-bond donors (Lipinski definition) is 4. The third-order valence-corrected chi connectivity index (χ3v) is 15.7. The van der Waals surface area contributed by atoms with Gasteiger partial charge in [-0.1, -0.05) is 82.5 Å². The van der Waals surface area contributed by atoms with Crippen molar-refractivity contribution in [3.63, 3.8) is 0 Å². The van der Waals surface area contributed by atoms with Crippen molar-refractivity contribution in [2.75, 3.05) is 40.6 Å². The maximum absolute atomic E-state index is 13.0. The van der Waals surface area contributed by atoms with Crippen LogP contribution in [0.2, 0.25) is 0 Å². The van der Waals surface area contributed by atoms with Gasteiger partial charge in [0.1, 0.15) is 0 Å². The van der Waals surface area contributed by atoms with Crippen LogP contribution in [0.3, 0.4) is 0 Å². The van der Waals surface area contributed by atoms with Crippen LogP contribution < -0.4 is 21.9 Å². The fraction of sp³-hybridized carbons (Fsp3) is 0.579. The molecule has 0 bridgehead atoms. The predicted octanol–water partition coefficient (Wildman–Crippen LogP) is 5.13. The molecule has 7 rings (SSSR count). The molecule has 0 aromatic heterocycles. The van der Waals surface area contributed by atoms with Gasteiger partial charge in [0.25, 0.3) is 0 Å². The highest BCUT2D eigenvalue weighted by Crippen LogP contribution is 2.55. The van der Waals surface area contributed by atoms with E-state index in [1.54, 1.807) is 12.4 Å². The number of nitrogens with zero attached hydrogens (tertiary/aromatic N) is 2. The second-order valence-corrected chi connectivity index (χ2v) is 22.7. The molecule has 10 atom stereocenters. The molecule has 0 amide bonds. The molecule has 466 valence electrons. The average molecular weight is 1320 g/mol. The molecular weight excluding hydrogens is 1250 g/mol. The van der Waals surface area contributed by atoms with E-state index in [0.717, 1.165) is 129 Å². The van der Waals surface area contributed by atoms with E-state index in [1.807, 2.05) is 0 Å². The van der Waals surface area contributed by atoms with Crippen molar-refractivity contribution in [1.82, 2.24) is 31.9 Å². The lowest BCUT2D eigenvalue weighted by atomic mass is 9.70. The Labute approximate surface area is 508 Å². The van der Waals surface area contributed by atoms with Crippen LogP contribution >= 0.6 is 31.9 Å². The largest absolute Gasteiger partial charge is 0.467 e. The number of ether oxygens (including phenoxy) is 12. The number of fused-ring (bicyclic) bond motifs is 3. The molecule has 2 fully saturated rings. The number of methoxy groups -OCH3 is 2. The zero-order valence-corrected chi connectivity index (χ0v) is 51.8. The number of unbranched alkanes of at least 4 members (excludes halogenated alkanes) is 6. The van der Waals surface area contributed by atoms with Crippen LogP contribution in [0.4, 0.5) is 0 Å². The van der Waals surface area contributed by atoms with Crippen molar-refractivity contribution >= 4 is 79.6 Å². The minimum absolute atomic E-state index is 0.0707. The molecule has 26 nitrogen and oxygen atoms in total. The molecule has 4 N–H and O–H groups in total. The van der Waals surface area contributed by atoms with E-state index in [1.165, 1.54) is 32.3 Å². The van der Waals surface area contributed by atoms with Gasteiger partial charge in [-0.25, -0.2) is 9.59 Å². The molecule has 85 heavy (non-hydrogen) atoms. The molecule has 28 heteroatoms. The predicted molar refractivity (Wildman–Crippen MR) is 303 cm³/mol. The molecule has 4 heterocycles. The van der Waals surface area contributed by atoms with Crippen molar-refractivity contribution < 1.29 is 95.2 Å². The van der Waals surface area contributed by atoms with E-state index >= 15 is 0 Å². The van der Waals surface area contributed by atoms with Crippen molar-refractivity contribution in [3.05, 3.63) is 80.3 Å². The third-order valence-electron chi connectivity index (χ3n) is 14.7. The van der Waals surface area contributed by atoms with Crippen molar-refractivity contribution in [3.8, 4) is 11.1 Å². The highest BCUT2D eigenvalue weighted by atomic mass is 79.9. The van der Waals surface area contributed by atoms with E-state index in [2.05, 4.69) is 90.2 Å². The Morgan fingerprint density at radius 3 is 1.42 bits per heavy atom. The van der Waals surface area contributed by atoms with Crippen LogP contribution in [0, 0.1) is 0 Å². The first-order valence-electron chi connectivity index (χ1n) is 27.9. The van der Waals surface area contributed by atoms with Gasteiger partial charge in [-0.15, -0.1) is 11.1 Å². The van der Waals surface area contributed by atoms with Crippen LogP contribution in [0.15, 0.2) is 69.1 Å². The van der Waals surface area contributed by atoms with E-state index in [4.69, 9.17) is 56.8 Å². The van der Waals surface area contributed by atoms with Crippen molar-refractivity contribution in [1.29, 1.82) is 0 Å². The topological polar surface area (TPSA) is 302 Å². The minimum Gasteiger partial charge on any atom is -0.467 e. The summed E-state index contributed by atoms with van der Waals surface area (Å²) in [4.78, 5) is 99.7. The van der Waals surface area contributed by atoms with Gasteiger partial charge in [0.2, 0.25) is 0 Å². The molecule has 1 aliphatic carbocycles. The van der Waals surface area contributed by atoms with Gasteiger partial charge in [0, 0.05) is 81.5 Å². The molecule has 5 aliphatic rings. The average Bonchev–Trinajstić information content (AvgIpc) is 1.64. The van der Waals surface area contributed by atoms with E-state index < -0.39 is 109 Å². The zero-order chi connectivity index (χ0) is 61.5. The first-order chi connectivity index (χ1) is 40.7. The highest BCUT2D eigenvalue weighted by Gasteiger charge is 2.58. The summed E-state index contributed by atoms with van der Waals surface area (Å²) in [6.45, 7) is 7.90. The zero-order valence-electron chi connectivity index (χ0n) is 48.6. The normalized spacial score (nSPS) is 24.5. The number of rotatable bonds is 28. The monoisotopic (exact) mass is 1320 g/mol. The summed E-state index contributed by atoms with van der Waals surface area (Å²) in [6.07, 6.45) is -2.06. The standard InChI is InChI=1S/C57H74Br2N6O20/c1-31(66)78-45-47(80-33(3)68)51(55(72)74-7)84-53(49(45)82-35(5)70)64-28-39(61-63-64)29-76-23-15-11-9-13-21-57(43-25-37(58)17-19-41(43)42-20-18-38(59)26-44(42)57)22-14-10-12-16-24-77-30-40-27-60-62-65(40)54-50(83-36(6)71)46(79-32(2)67)48(81-34(4)69)52(85-54)56(73)75-8/h17-20,25-28,45-54,60-63H,9-16,21-24,29-30H2,1-8H3. The number of hydrazine groups is 4. The van der Waals surface area contributed by atoms with Crippen LogP contribution in [0.5, 0.6) is 0 Å². The summed E-state index contributed by atoms with van der Waals surface area (Å²) >= 11 is 7.55. The van der Waals surface area contributed by atoms with Gasteiger partial charge >= 0.3 is 47.8 Å². The third kappa shape index (κ3) is 16.8. The number of carbonyl (C=O) groups is 8. The lowest BCUT2D eigenvalue weighted by Gasteiger charge is -2.46. The summed E-state index contributed by atoms with van der Waals surface area (Å²) in [7, 11) is 2.25. The Balaban J connectivity index is 0.917. The number of hydrogen-bond acceptors (Lipinski definition) is 26. The number of carbonyl (C=O) groups excluding carboxylic acids is 8. The van der Waals surface area contributed by atoms with Crippen LogP contribution in [0.1, 0.15) is 117 Å². The summed E-state index contributed by atoms with van der Waals surface area (Å²) < 4.78 is 69.4. The number of benzene rings is 2.